The van der Waals surface area contributed by atoms with E-state index in [0.717, 1.165) is 0 Å². The predicted molar refractivity (Wildman–Crippen MR) is 66.0 cm³/mol. The van der Waals surface area contributed by atoms with Crippen LogP contribution < -0.4 is 4.72 Å². The Morgan fingerprint density at radius 1 is 1.37 bits per heavy atom. The van der Waals surface area contributed by atoms with Crippen LogP contribution in [-0.2, 0) is 14.8 Å². The Kier molecular flexibility index (Phi) is 3.60. The summed E-state index contributed by atoms with van der Waals surface area (Å²) in [5, 5.41) is 8.46. The lowest BCUT2D eigenvalue weighted by Crippen LogP contribution is -2.18. The van der Waals surface area contributed by atoms with Crippen molar-refractivity contribution in [2.75, 3.05) is 10.5 Å². The minimum absolute atomic E-state index is 0.0296. The lowest BCUT2D eigenvalue weighted by atomic mass is 10.3. The number of imidazole rings is 1. The van der Waals surface area contributed by atoms with Gasteiger partial charge in [0.15, 0.2) is 11.5 Å². The predicted octanol–water partition coefficient (Wildman–Crippen LogP) is -0.0406. The maximum absolute atomic E-state index is 11.7. The summed E-state index contributed by atoms with van der Waals surface area (Å²) in [6.07, 6.45) is 2.39. The van der Waals surface area contributed by atoms with Crippen LogP contribution in [0.3, 0.4) is 0 Å². The number of nitrogens with one attached hydrogen (secondary N) is 2. The maximum atomic E-state index is 11.7. The Balaban J connectivity index is 2.11. The fourth-order valence-electron chi connectivity index (χ4n) is 1.45. The molecule has 0 spiro atoms. The van der Waals surface area contributed by atoms with Crippen molar-refractivity contribution < 1.29 is 18.3 Å². The number of aromatic amines is 1. The van der Waals surface area contributed by atoms with E-state index in [9.17, 15) is 13.2 Å². The fourth-order valence-corrected chi connectivity index (χ4v) is 2.53. The summed E-state index contributed by atoms with van der Waals surface area (Å²) in [5.74, 6) is -1.23. The van der Waals surface area contributed by atoms with Crippen LogP contribution in [0.1, 0.15) is 12.8 Å². The molecule has 0 amide bonds. The molecule has 19 heavy (non-hydrogen) atoms. The lowest BCUT2D eigenvalue weighted by molar-refractivity contribution is -0.137. The molecule has 0 radical (unpaired) electrons. The second-order valence-electron chi connectivity index (χ2n) is 3.74. The molecule has 0 aliphatic rings. The van der Waals surface area contributed by atoms with E-state index in [1.165, 1.54) is 12.7 Å². The van der Waals surface area contributed by atoms with Gasteiger partial charge >= 0.3 is 5.97 Å². The lowest BCUT2D eigenvalue weighted by Gasteiger charge is -2.06. The Morgan fingerprint density at radius 3 is 2.89 bits per heavy atom. The highest BCUT2D eigenvalue weighted by molar-refractivity contribution is 7.92. The van der Waals surface area contributed by atoms with Gasteiger partial charge in [0.25, 0.3) is 0 Å². The molecular weight excluding hydrogens is 274 g/mol. The van der Waals surface area contributed by atoms with Crippen molar-refractivity contribution in [2.24, 2.45) is 0 Å². The molecule has 0 aromatic carbocycles. The Bertz CT molecular complexity index is 695. The van der Waals surface area contributed by atoms with Gasteiger partial charge in [0, 0.05) is 6.42 Å². The van der Waals surface area contributed by atoms with Gasteiger partial charge in [-0.25, -0.2) is 23.4 Å². The standard InChI is InChI=1S/C9H11N5O4S/c15-6(16)2-1-3-19(17,18)14-9-7-8(11-4-10-7)12-5-13-9/h4-5H,1-3H2,(H,15,16)(H2,10,11,12,13,14). The molecule has 2 aromatic heterocycles. The summed E-state index contributed by atoms with van der Waals surface area (Å²) >= 11 is 0. The van der Waals surface area contributed by atoms with Crippen molar-refractivity contribution in [3.8, 4) is 0 Å². The molecule has 102 valence electrons. The molecule has 0 atom stereocenters. The molecule has 0 aliphatic heterocycles. The fraction of sp³-hybridized carbons (Fsp3) is 0.333. The van der Waals surface area contributed by atoms with E-state index < -0.39 is 16.0 Å². The molecule has 2 aromatic rings. The highest BCUT2D eigenvalue weighted by Gasteiger charge is 2.15. The number of fused-ring (bicyclic) bond motifs is 1. The van der Waals surface area contributed by atoms with Gasteiger partial charge in [0.1, 0.15) is 11.8 Å². The van der Waals surface area contributed by atoms with Crippen molar-refractivity contribution >= 4 is 33.0 Å². The first-order valence-corrected chi connectivity index (χ1v) is 6.99. The van der Waals surface area contributed by atoms with Crippen LogP contribution >= 0.6 is 0 Å². The Labute approximate surface area is 108 Å². The quantitative estimate of drug-likeness (QED) is 0.676. The number of aliphatic carboxylic acids is 1. The smallest absolute Gasteiger partial charge is 0.303 e. The first-order valence-electron chi connectivity index (χ1n) is 5.34. The van der Waals surface area contributed by atoms with E-state index in [1.54, 1.807) is 0 Å². The van der Waals surface area contributed by atoms with Crippen LogP contribution in [0.2, 0.25) is 0 Å². The molecule has 0 unspecified atom stereocenters. The number of carboxylic acids is 1. The highest BCUT2D eigenvalue weighted by atomic mass is 32.2. The zero-order chi connectivity index (χ0) is 13.9. The normalized spacial score (nSPS) is 11.6. The van der Waals surface area contributed by atoms with Crippen LogP contribution in [0.4, 0.5) is 5.82 Å². The third-order valence-corrected chi connectivity index (χ3v) is 3.61. The minimum Gasteiger partial charge on any atom is -0.481 e. The first-order chi connectivity index (χ1) is 8.98. The van der Waals surface area contributed by atoms with Crippen molar-refractivity contribution in [2.45, 2.75) is 12.8 Å². The summed E-state index contributed by atoms with van der Waals surface area (Å²) in [6, 6.07) is 0. The van der Waals surface area contributed by atoms with E-state index in [4.69, 9.17) is 5.11 Å². The summed E-state index contributed by atoms with van der Waals surface area (Å²) < 4.78 is 25.8. The SMILES string of the molecule is O=C(O)CCCS(=O)(=O)Nc1ncnc2nc[nH]c12. The summed E-state index contributed by atoms with van der Waals surface area (Å²) in [6.45, 7) is 0. The zero-order valence-corrected chi connectivity index (χ0v) is 10.5. The third-order valence-electron chi connectivity index (χ3n) is 2.28. The number of hydrogen-bond donors (Lipinski definition) is 3. The van der Waals surface area contributed by atoms with E-state index >= 15 is 0 Å². The summed E-state index contributed by atoms with van der Waals surface area (Å²) in [7, 11) is -3.65. The van der Waals surface area contributed by atoms with Gasteiger partial charge in [-0.1, -0.05) is 0 Å². The average Bonchev–Trinajstić information content (AvgIpc) is 2.76. The number of aromatic nitrogens is 4. The van der Waals surface area contributed by atoms with E-state index in [0.29, 0.717) is 11.2 Å². The number of hydrogen-bond acceptors (Lipinski definition) is 6. The van der Waals surface area contributed by atoms with E-state index in [1.807, 2.05) is 0 Å². The summed E-state index contributed by atoms with van der Waals surface area (Å²) in [4.78, 5) is 24.6. The van der Waals surface area contributed by atoms with Crippen molar-refractivity contribution in [3.63, 3.8) is 0 Å². The van der Waals surface area contributed by atoms with Gasteiger partial charge in [0.2, 0.25) is 10.0 Å². The second-order valence-corrected chi connectivity index (χ2v) is 5.58. The van der Waals surface area contributed by atoms with Crippen LogP contribution in [0.25, 0.3) is 11.2 Å². The molecule has 9 nitrogen and oxygen atoms in total. The van der Waals surface area contributed by atoms with Gasteiger partial charge in [0.05, 0.1) is 12.1 Å². The molecule has 0 bridgehead atoms. The highest BCUT2D eigenvalue weighted by Crippen LogP contribution is 2.16. The molecule has 10 heteroatoms. The van der Waals surface area contributed by atoms with Crippen LogP contribution in [0.15, 0.2) is 12.7 Å². The number of sulfonamides is 1. The Hall–Kier alpha value is -2.23. The molecule has 0 aliphatic carbocycles. The number of anilines is 1. The van der Waals surface area contributed by atoms with Crippen LogP contribution in [0.5, 0.6) is 0 Å². The van der Waals surface area contributed by atoms with Crippen LogP contribution in [-0.4, -0.2) is 45.2 Å². The zero-order valence-electron chi connectivity index (χ0n) is 9.70. The molecule has 2 rings (SSSR count). The number of carbonyl (C=O) groups is 1. The molecule has 2 heterocycles. The van der Waals surface area contributed by atoms with Gasteiger partial charge in [-0.3, -0.25) is 9.52 Å². The van der Waals surface area contributed by atoms with E-state index in [-0.39, 0.29) is 24.4 Å². The molecule has 0 saturated carbocycles. The number of carboxylic acid groups (broad SMARTS) is 1. The van der Waals surface area contributed by atoms with Crippen molar-refractivity contribution in [1.82, 2.24) is 19.9 Å². The number of H-pyrrole nitrogens is 1. The van der Waals surface area contributed by atoms with Crippen LogP contribution in [0, 0.1) is 0 Å². The van der Waals surface area contributed by atoms with Crippen molar-refractivity contribution in [3.05, 3.63) is 12.7 Å². The number of rotatable bonds is 6. The second kappa shape index (κ2) is 5.18. The topological polar surface area (TPSA) is 138 Å². The summed E-state index contributed by atoms with van der Waals surface area (Å²) in [5.41, 5.74) is 0.725. The number of nitrogens with zero attached hydrogens (tertiary/aromatic N) is 3. The average molecular weight is 285 g/mol. The van der Waals surface area contributed by atoms with Gasteiger partial charge in [-0.2, -0.15) is 0 Å². The van der Waals surface area contributed by atoms with Gasteiger partial charge < -0.3 is 10.1 Å². The maximum Gasteiger partial charge on any atom is 0.303 e. The van der Waals surface area contributed by atoms with E-state index in [2.05, 4.69) is 24.7 Å². The third kappa shape index (κ3) is 3.37. The first kappa shape index (κ1) is 13.2. The Morgan fingerprint density at radius 2 is 2.16 bits per heavy atom. The molecular formula is C9H11N5O4S. The molecule has 0 fully saturated rings. The van der Waals surface area contributed by atoms with Gasteiger partial charge in [-0.05, 0) is 6.42 Å². The molecule has 3 N–H and O–H groups in total. The molecule has 0 saturated heterocycles. The monoisotopic (exact) mass is 285 g/mol. The largest absolute Gasteiger partial charge is 0.481 e. The minimum atomic E-state index is -3.65. The van der Waals surface area contributed by atoms with Crippen molar-refractivity contribution in [1.29, 1.82) is 0 Å². The van der Waals surface area contributed by atoms with Gasteiger partial charge in [-0.15, -0.1) is 0 Å².